The molecule has 158 valence electrons. The summed E-state index contributed by atoms with van der Waals surface area (Å²) in [4.78, 5) is 23.2. The number of benzene rings is 1. The van der Waals surface area contributed by atoms with Gasteiger partial charge in [-0.2, -0.15) is 0 Å². The zero-order valence-electron chi connectivity index (χ0n) is 17.0. The van der Waals surface area contributed by atoms with Crippen LogP contribution in [0.4, 0.5) is 0 Å². The molecular weight excluding hydrogens is 394 g/mol. The zero-order chi connectivity index (χ0) is 21.0. The van der Waals surface area contributed by atoms with Gasteiger partial charge < -0.3 is 19.9 Å². The molecule has 7 heteroatoms. The maximum absolute atomic E-state index is 12.3. The number of fused-ring (bicyclic) bond motifs is 2. The number of amides is 1. The lowest BCUT2D eigenvalue weighted by Gasteiger charge is -2.32. The molecule has 0 radical (unpaired) electrons. The largest absolute Gasteiger partial charge is 0.487 e. The summed E-state index contributed by atoms with van der Waals surface area (Å²) in [5.74, 6) is -1.15. The number of carboxylic acid groups (broad SMARTS) is 1. The second kappa shape index (κ2) is 7.17. The zero-order valence-corrected chi connectivity index (χ0v) is 17.8. The fourth-order valence-electron chi connectivity index (χ4n) is 4.77. The molecule has 5 atom stereocenters. The van der Waals surface area contributed by atoms with Crippen molar-refractivity contribution in [2.75, 3.05) is 0 Å². The van der Waals surface area contributed by atoms with E-state index in [4.69, 9.17) is 26.2 Å². The maximum atomic E-state index is 12.3. The minimum atomic E-state index is -0.921. The fraction of sp³-hybridized carbons (Fsp3) is 0.636. The predicted molar refractivity (Wildman–Crippen MR) is 108 cm³/mol. The number of carbonyl (C=O) groups excluding carboxylic acids is 1. The van der Waals surface area contributed by atoms with Crippen LogP contribution in [-0.2, 0) is 20.9 Å². The van der Waals surface area contributed by atoms with Crippen LogP contribution >= 0.6 is 11.6 Å². The van der Waals surface area contributed by atoms with Gasteiger partial charge in [-0.3, -0.25) is 9.59 Å². The first-order valence-electron chi connectivity index (χ1n) is 10.3. The molecule has 0 spiro atoms. The van der Waals surface area contributed by atoms with E-state index in [1.54, 1.807) is 6.07 Å². The Morgan fingerprint density at radius 3 is 2.72 bits per heavy atom. The molecule has 1 aromatic rings. The van der Waals surface area contributed by atoms with Crippen molar-refractivity contribution >= 4 is 23.5 Å². The standard InChI is InChI=1S/C22H28ClNO5/c1-12(2)22-8-7-21(3,29-22)18(10-22)28-17-6-4-5-16(23)15(17)11-24-19(25)13-9-14(13)20(26)27/h4-6,12-14,18H,7-11H2,1-3H3,(H,24,25)(H,26,27)/t13-,14+,18-,21-,22+/m1/s1. The molecule has 3 fully saturated rings. The molecule has 3 aliphatic rings. The first-order valence-corrected chi connectivity index (χ1v) is 10.7. The number of hydrogen-bond acceptors (Lipinski definition) is 4. The summed E-state index contributed by atoms with van der Waals surface area (Å²) in [6, 6.07) is 5.46. The van der Waals surface area contributed by atoms with Crippen LogP contribution in [0, 0.1) is 17.8 Å². The molecular formula is C22H28ClNO5. The highest BCUT2D eigenvalue weighted by Gasteiger charge is 2.61. The Morgan fingerprint density at radius 2 is 2.10 bits per heavy atom. The van der Waals surface area contributed by atoms with E-state index >= 15 is 0 Å². The van der Waals surface area contributed by atoms with Gasteiger partial charge in [-0.25, -0.2) is 0 Å². The van der Waals surface area contributed by atoms with Gasteiger partial charge in [-0.1, -0.05) is 31.5 Å². The average Bonchev–Trinajstić information content (AvgIpc) is 3.32. The highest BCUT2D eigenvalue weighted by atomic mass is 35.5. The smallest absolute Gasteiger partial charge is 0.307 e. The van der Waals surface area contributed by atoms with Crippen molar-refractivity contribution in [2.45, 2.75) is 70.3 Å². The van der Waals surface area contributed by atoms with Gasteiger partial charge in [0.1, 0.15) is 17.5 Å². The Morgan fingerprint density at radius 1 is 1.34 bits per heavy atom. The number of rotatable bonds is 7. The highest BCUT2D eigenvalue weighted by Crippen LogP contribution is 2.55. The van der Waals surface area contributed by atoms with Crippen molar-refractivity contribution in [1.29, 1.82) is 0 Å². The van der Waals surface area contributed by atoms with Crippen molar-refractivity contribution < 1.29 is 24.2 Å². The van der Waals surface area contributed by atoms with E-state index in [1.807, 2.05) is 12.1 Å². The summed E-state index contributed by atoms with van der Waals surface area (Å²) in [5, 5.41) is 12.3. The number of carbonyl (C=O) groups is 2. The monoisotopic (exact) mass is 421 g/mol. The number of ether oxygens (including phenoxy) is 2. The minimum Gasteiger partial charge on any atom is -0.487 e. The minimum absolute atomic E-state index is 0.0774. The van der Waals surface area contributed by atoms with Gasteiger partial charge in [0.05, 0.1) is 17.4 Å². The normalized spacial score (nSPS) is 35.0. The Balaban J connectivity index is 1.46. The maximum Gasteiger partial charge on any atom is 0.307 e. The van der Waals surface area contributed by atoms with Crippen LogP contribution < -0.4 is 10.1 Å². The second-order valence-electron chi connectivity index (χ2n) is 9.17. The molecule has 4 rings (SSSR count). The molecule has 1 amide bonds. The van der Waals surface area contributed by atoms with Gasteiger partial charge in [-0.05, 0) is 44.2 Å². The molecule has 2 bridgehead atoms. The quantitative estimate of drug-likeness (QED) is 0.699. The first-order chi connectivity index (χ1) is 13.7. The molecule has 6 nitrogen and oxygen atoms in total. The van der Waals surface area contributed by atoms with Crippen molar-refractivity contribution in [1.82, 2.24) is 5.32 Å². The molecule has 0 unspecified atom stereocenters. The van der Waals surface area contributed by atoms with E-state index in [9.17, 15) is 9.59 Å². The molecule has 1 aromatic carbocycles. The van der Waals surface area contributed by atoms with Crippen LogP contribution in [0.15, 0.2) is 18.2 Å². The van der Waals surface area contributed by atoms with E-state index in [0.29, 0.717) is 28.7 Å². The molecule has 0 aromatic heterocycles. The molecule has 1 saturated carbocycles. The summed E-state index contributed by atoms with van der Waals surface area (Å²) in [5.41, 5.74) is 0.250. The topological polar surface area (TPSA) is 84.9 Å². The Hall–Kier alpha value is -1.79. The fourth-order valence-corrected chi connectivity index (χ4v) is 5.01. The van der Waals surface area contributed by atoms with Crippen LogP contribution in [0.5, 0.6) is 5.75 Å². The van der Waals surface area contributed by atoms with Crippen LogP contribution in [0.1, 0.15) is 52.0 Å². The van der Waals surface area contributed by atoms with E-state index in [1.165, 1.54) is 0 Å². The van der Waals surface area contributed by atoms with E-state index in [2.05, 4.69) is 26.1 Å². The van der Waals surface area contributed by atoms with Crippen LogP contribution in [0.2, 0.25) is 5.02 Å². The Labute approximate surface area is 175 Å². The summed E-state index contributed by atoms with van der Waals surface area (Å²) in [7, 11) is 0. The van der Waals surface area contributed by atoms with Crippen LogP contribution in [0.3, 0.4) is 0 Å². The van der Waals surface area contributed by atoms with Gasteiger partial charge in [0.25, 0.3) is 0 Å². The third kappa shape index (κ3) is 3.61. The van der Waals surface area contributed by atoms with Crippen LogP contribution in [0.25, 0.3) is 0 Å². The van der Waals surface area contributed by atoms with Crippen LogP contribution in [-0.4, -0.2) is 34.3 Å². The number of hydrogen-bond donors (Lipinski definition) is 2. The first kappa shape index (κ1) is 20.5. The predicted octanol–water partition coefficient (Wildman–Crippen LogP) is 3.79. The van der Waals surface area contributed by atoms with Gasteiger partial charge in [0.2, 0.25) is 5.91 Å². The number of aliphatic carboxylic acids is 1. The second-order valence-corrected chi connectivity index (χ2v) is 9.57. The van der Waals surface area contributed by atoms with Crippen molar-refractivity contribution in [3.63, 3.8) is 0 Å². The third-order valence-corrected chi connectivity index (χ3v) is 7.33. The van der Waals surface area contributed by atoms with Gasteiger partial charge in [0.15, 0.2) is 0 Å². The van der Waals surface area contributed by atoms with Gasteiger partial charge >= 0.3 is 5.97 Å². The molecule has 2 N–H and O–H groups in total. The van der Waals surface area contributed by atoms with Crippen molar-refractivity contribution in [3.8, 4) is 5.75 Å². The third-order valence-electron chi connectivity index (χ3n) is 6.97. The molecule has 2 saturated heterocycles. The lowest BCUT2D eigenvalue weighted by atomic mass is 9.75. The molecule has 2 heterocycles. The van der Waals surface area contributed by atoms with E-state index in [0.717, 1.165) is 19.3 Å². The molecule has 1 aliphatic carbocycles. The summed E-state index contributed by atoms with van der Waals surface area (Å²) in [6.07, 6.45) is 3.16. The van der Waals surface area contributed by atoms with E-state index in [-0.39, 0.29) is 29.8 Å². The summed E-state index contributed by atoms with van der Waals surface area (Å²) < 4.78 is 12.9. The van der Waals surface area contributed by atoms with Crippen molar-refractivity contribution in [2.24, 2.45) is 17.8 Å². The summed E-state index contributed by atoms with van der Waals surface area (Å²) in [6.45, 7) is 6.70. The van der Waals surface area contributed by atoms with E-state index < -0.39 is 17.8 Å². The van der Waals surface area contributed by atoms with Gasteiger partial charge in [-0.15, -0.1) is 0 Å². The number of halogens is 1. The Kier molecular flexibility index (Phi) is 5.06. The number of carboxylic acids is 1. The summed E-state index contributed by atoms with van der Waals surface area (Å²) >= 11 is 6.41. The lowest BCUT2D eigenvalue weighted by Crippen LogP contribution is -2.40. The Bertz CT molecular complexity index is 842. The number of nitrogens with one attached hydrogen (secondary N) is 1. The van der Waals surface area contributed by atoms with Crippen molar-refractivity contribution in [3.05, 3.63) is 28.8 Å². The molecule has 2 aliphatic heterocycles. The highest BCUT2D eigenvalue weighted by molar-refractivity contribution is 6.31. The SMILES string of the molecule is CC(C)[C@@]12CC[C@@](C)(O1)[C@H](Oc1cccc(Cl)c1CNC(=O)[C@@H]1C[C@@H]1C(=O)O)C2. The lowest BCUT2D eigenvalue weighted by molar-refractivity contribution is -0.140. The average molecular weight is 422 g/mol. The van der Waals surface area contributed by atoms with Gasteiger partial charge in [0, 0.05) is 23.6 Å². The molecule has 29 heavy (non-hydrogen) atoms.